The van der Waals surface area contributed by atoms with Gasteiger partial charge in [-0.2, -0.15) is 13.2 Å². The van der Waals surface area contributed by atoms with E-state index in [1.807, 2.05) is 18.2 Å². The molecule has 0 amide bonds. The quantitative estimate of drug-likeness (QED) is 0.298. The fraction of sp³-hybridized carbons (Fsp3) is 0.500. The Kier molecular flexibility index (Phi) is 6.53. The number of rotatable bonds is 5. The van der Waals surface area contributed by atoms with Gasteiger partial charge in [0.25, 0.3) is 5.56 Å². The predicted octanol–water partition coefficient (Wildman–Crippen LogP) is 5.87. The third-order valence-corrected chi connectivity index (χ3v) is 9.47. The van der Waals surface area contributed by atoms with E-state index in [9.17, 15) is 18.0 Å². The summed E-state index contributed by atoms with van der Waals surface area (Å²) < 4.78 is 45.9. The molecule has 2 fully saturated rings. The van der Waals surface area contributed by atoms with Gasteiger partial charge < -0.3 is 4.57 Å². The number of pyridine rings is 1. The fourth-order valence-electron chi connectivity index (χ4n) is 7.59. The number of alkyl halides is 3. The van der Waals surface area contributed by atoms with Crippen molar-refractivity contribution in [3.63, 3.8) is 0 Å². The van der Waals surface area contributed by atoms with Gasteiger partial charge in [0.2, 0.25) is 0 Å². The minimum absolute atomic E-state index is 0.278. The summed E-state index contributed by atoms with van der Waals surface area (Å²) in [5, 5.41) is 9.08. The second-order valence-corrected chi connectivity index (χ2v) is 12.8. The molecule has 1 aliphatic carbocycles. The Labute approximate surface area is 242 Å². The van der Waals surface area contributed by atoms with Gasteiger partial charge >= 0.3 is 6.18 Å². The summed E-state index contributed by atoms with van der Waals surface area (Å²) in [6.45, 7) is 7.31. The molecule has 0 unspecified atom stereocenters. The zero-order valence-electron chi connectivity index (χ0n) is 24.0. The lowest BCUT2D eigenvalue weighted by atomic mass is 9.58. The number of halogens is 3. The second-order valence-electron chi connectivity index (χ2n) is 12.8. The van der Waals surface area contributed by atoms with Gasteiger partial charge in [0, 0.05) is 38.4 Å². The number of piperidine rings is 1. The van der Waals surface area contributed by atoms with E-state index in [1.54, 1.807) is 6.20 Å². The topological polar surface area (TPSA) is 68.3 Å². The molecule has 7 rings (SSSR count). The summed E-state index contributed by atoms with van der Waals surface area (Å²) in [4.78, 5) is 20.3. The number of aryl methyl sites for hydroxylation is 1. The minimum atomic E-state index is -4.64. The first-order valence-electron chi connectivity index (χ1n) is 15.0. The first-order valence-corrected chi connectivity index (χ1v) is 15.0. The van der Waals surface area contributed by atoms with Crippen molar-refractivity contribution in [3.8, 4) is 11.1 Å². The Morgan fingerprint density at radius 2 is 1.88 bits per heavy atom. The maximum atomic E-state index is 14.2. The van der Waals surface area contributed by atoms with Gasteiger partial charge in [0.15, 0.2) is 5.65 Å². The highest BCUT2D eigenvalue weighted by atomic mass is 19.4. The molecular formula is C32H35F3N6O. The summed E-state index contributed by atoms with van der Waals surface area (Å²) in [6, 6.07) is 8.97. The van der Waals surface area contributed by atoms with Crippen LogP contribution < -0.4 is 5.56 Å². The van der Waals surface area contributed by atoms with Crippen molar-refractivity contribution in [1.29, 1.82) is 0 Å². The van der Waals surface area contributed by atoms with Gasteiger partial charge in [0.05, 0.1) is 16.5 Å². The highest BCUT2D eigenvalue weighted by Gasteiger charge is 2.49. The van der Waals surface area contributed by atoms with Crippen molar-refractivity contribution in [2.45, 2.75) is 77.1 Å². The average molecular weight is 577 g/mol. The second kappa shape index (κ2) is 10.0. The molecule has 2 aliphatic heterocycles. The van der Waals surface area contributed by atoms with Crippen molar-refractivity contribution in [2.75, 3.05) is 13.1 Å². The summed E-state index contributed by atoms with van der Waals surface area (Å²) in [5.41, 5.74) is 0.375. The number of fused-ring (bicyclic) bond motifs is 2. The van der Waals surface area contributed by atoms with Crippen molar-refractivity contribution >= 4 is 5.65 Å². The van der Waals surface area contributed by atoms with Gasteiger partial charge in [-0.05, 0) is 79.3 Å². The van der Waals surface area contributed by atoms with Crippen molar-refractivity contribution in [3.05, 3.63) is 81.4 Å². The Balaban J connectivity index is 1.31. The van der Waals surface area contributed by atoms with Crippen LogP contribution in [0.1, 0.15) is 74.3 Å². The molecule has 1 saturated carbocycles. The molecule has 10 heteroatoms. The van der Waals surface area contributed by atoms with Crippen LogP contribution in [0.5, 0.6) is 0 Å². The van der Waals surface area contributed by atoms with Crippen LogP contribution >= 0.6 is 0 Å². The van der Waals surface area contributed by atoms with Crippen molar-refractivity contribution in [1.82, 2.24) is 29.0 Å². The largest absolute Gasteiger partial charge is 0.419 e. The van der Waals surface area contributed by atoms with Crippen LogP contribution in [-0.2, 0) is 31.1 Å². The van der Waals surface area contributed by atoms with Crippen LogP contribution in [0, 0.1) is 11.8 Å². The third kappa shape index (κ3) is 4.55. The number of hydrogen-bond donors (Lipinski definition) is 0. The third-order valence-electron chi connectivity index (χ3n) is 9.47. The lowest BCUT2D eigenvalue weighted by molar-refractivity contribution is -0.136. The number of likely N-dealkylation sites (tertiary alicyclic amines) is 1. The molecule has 0 spiro atoms. The highest BCUT2D eigenvalue weighted by molar-refractivity contribution is 5.66. The molecular weight excluding hydrogens is 541 g/mol. The molecule has 1 atom stereocenters. The van der Waals surface area contributed by atoms with Gasteiger partial charge in [0.1, 0.15) is 11.6 Å². The zero-order valence-corrected chi connectivity index (χ0v) is 24.0. The summed E-state index contributed by atoms with van der Waals surface area (Å²) >= 11 is 0. The Hall–Kier alpha value is -3.53. The van der Waals surface area contributed by atoms with E-state index in [2.05, 4.69) is 44.6 Å². The zero-order chi connectivity index (χ0) is 29.2. The Bertz CT molecular complexity index is 1720. The molecule has 1 saturated heterocycles. The van der Waals surface area contributed by atoms with Gasteiger partial charge in [-0.15, -0.1) is 10.2 Å². The Morgan fingerprint density at radius 1 is 1.05 bits per heavy atom. The SMILES string of the molecule is CC1CC(c2cccc(-c3cnc4c(C(F)(F)F)cc(CN5CCC[C@H](C)C5)cn4c3=O)c2)(c2nnc3n2CCC3)C1. The maximum absolute atomic E-state index is 14.2. The molecule has 7 nitrogen and oxygen atoms in total. The van der Waals surface area contributed by atoms with Gasteiger partial charge in [-0.3, -0.25) is 14.1 Å². The van der Waals surface area contributed by atoms with Crippen LogP contribution in [0.3, 0.4) is 0 Å². The molecule has 3 aromatic heterocycles. The molecule has 0 radical (unpaired) electrons. The van der Waals surface area contributed by atoms with Crippen LogP contribution in [0.15, 0.2) is 47.5 Å². The van der Waals surface area contributed by atoms with E-state index in [-0.39, 0.29) is 16.6 Å². The van der Waals surface area contributed by atoms with Crippen LogP contribution in [0.4, 0.5) is 13.2 Å². The number of hydrogen-bond acceptors (Lipinski definition) is 5. The number of aromatic nitrogens is 5. The predicted molar refractivity (Wildman–Crippen MR) is 153 cm³/mol. The molecule has 4 aromatic rings. The average Bonchev–Trinajstić information content (AvgIpc) is 3.56. The molecule has 0 N–H and O–H groups in total. The summed E-state index contributed by atoms with van der Waals surface area (Å²) in [5.74, 6) is 3.01. The van der Waals surface area contributed by atoms with Crippen molar-refractivity contribution < 1.29 is 13.2 Å². The van der Waals surface area contributed by atoms with Gasteiger partial charge in [-0.1, -0.05) is 32.0 Å². The standard InChI is InChI=1S/C32H35F3N6O/c1-20-6-4-10-39(17-20)18-22-12-26(32(33,34)35)28-36-16-25(29(42)41(28)19-22)23-7-3-8-24(13-23)31(14-21(2)15-31)30-38-37-27-9-5-11-40(27)30/h3,7-8,12-13,16,19-21H,4-6,9-11,14-15,17-18H2,1-2H3/t20-,21?,31?/m0/s1. The fourth-order valence-corrected chi connectivity index (χ4v) is 7.59. The monoisotopic (exact) mass is 576 g/mol. The van der Waals surface area contributed by atoms with E-state index >= 15 is 0 Å². The minimum Gasteiger partial charge on any atom is -0.314 e. The van der Waals surface area contributed by atoms with Crippen LogP contribution in [0.25, 0.3) is 16.8 Å². The Morgan fingerprint density at radius 3 is 2.64 bits per heavy atom. The normalized spacial score (nSPS) is 24.6. The van der Waals surface area contributed by atoms with E-state index < -0.39 is 17.3 Å². The van der Waals surface area contributed by atoms with Crippen LogP contribution in [-0.4, -0.2) is 42.1 Å². The van der Waals surface area contributed by atoms with Crippen molar-refractivity contribution in [2.24, 2.45) is 11.8 Å². The first-order chi connectivity index (χ1) is 20.1. The molecule has 1 aromatic carbocycles. The van der Waals surface area contributed by atoms with E-state index in [1.165, 1.54) is 6.20 Å². The summed E-state index contributed by atoms with van der Waals surface area (Å²) in [6.07, 6.45) is 4.17. The van der Waals surface area contributed by atoms with E-state index in [0.717, 1.165) is 85.8 Å². The molecule has 220 valence electrons. The highest BCUT2D eigenvalue weighted by Crippen LogP contribution is 2.52. The van der Waals surface area contributed by atoms with E-state index in [4.69, 9.17) is 0 Å². The van der Waals surface area contributed by atoms with Gasteiger partial charge in [-0.25, -0.2) is 4.98 Å². The summed E-state index contributed by atoms with van der Waals surface area (Å²) in [7, 11) is 0. The first kappa shape index (κ1) is 27.3. The van der Waals surface area contributed by atoms with E-state index in [0.29, 0.717) is 29.5 Å². The lowest BCUT2D eigenvalue weighted by Crippen LogP contribution is -2.43. The molecule has 42 heavy (non-hydrogen) atoms. The molecule has 0 bridgehead atoms. The molecule has 3 aliphatic rings. The molecule has 5 heterocycles. The number of nitrogens with zero attached hydrogens (tertiary/aromatic N) is 6. The maximum Gasteiger partial charge on any atom is 0.419 e. The lowest BCUT2D eigenvalue weighted by Gasteiger charge is -2.46. The number of benzene rings is 1. The smallest absolute Gasteiger partial charge is 0.314 e. The van der Waals surface area contributed by atoms with Crippen LogP contribution in [0.2, 0.25) is 0 Å².